The fourth-order valence-corrected chi connectivity index (χ4v) is 4.96. The highest BCUT2D eigenvalue weighted by molar-refractivity contribution is 6.24. The highest BCUT2D eigenvalue weighted by Gasteiger charge is 2.52. The van der Waals surface area contributed by atoms with Crippen LogP contribution in [0.2, 0.25) is 0 Å². The molecule has 8 heteroatoms. The lowest BCUT2D eigenvalue weighted by Gasteiger charge is -2.33. The highest BCUT2D eigenvalue weighted by atomic mass is 16.5. The average molecular weight is 447 g/mol. The molecule has 4 amide bonds. The summed E-state index contributed by atoms with van der Waals surface area (Å²) in [4.78, 5) is 46.1. The smallest absolute Gasteiger partial charge is 0.332 e. The third-order valence-corrected chi connectivity index (χ3v) is 6.53. The first kappa shape index (κ1) is 21.2. The standard InChI is InChI=1S/C25H26N4O4/c1-15-22-18(16-8-3-5-10-19(16)27-22)14-21-24(31)29(25(32)28(15)21)20-11-6-4-9-17(20)23(30)26-12-7-13-33-2/h3-6,8-11,15,21,27H,7,12-14H2,1-2H3,(H,26,30)/t15-,21+/m1/s1. The van der Waals surface area contributed by atoms with E-state index in [0.717, 1.165) is 22.2 Å². The molecule has 2 N–H and O–H groups in total. The molecular weight excluding hydrogens is 420 g/mol. The molecule has 3 aromatic rings. The Balaban J connectivity index is 1.47. The molecule has 1 fully saturated rings. The molecule has 0 aliphatic carbocycles. The van der Waals surface area contributed by atoms with Gasteiger partial charge in [0.1, 0.15) is 6.04 Å². The number of imide groups is 1. The van der Waals surface area contributed by atoms with Gasteiger partial charge in [-0.1, -0.05) is 30.3 Å². The van der Waals surface area contributed by atoms with Gasteiger partial charge in [0, 0.05) is 43.3 Å². The lowest BCUT2D eigenvalue weighted by molar-refractivity contribution is -0.120. The number of aromatic nitrogens is 1. The van der Waals surface area contributed by atoms with Gasteiger partial charge in [0.2, 0.25) is 0 Å². The van der Waals surface area contributed by atoms with E-state index < -0.39 is 12.1 Å². The molecule has 2 aliphatic heterocycles. The van der Waals surface area contributed by atoms with Gasteiger partial charge in [-0.05, 0) is 37.1 Å². The lowest BCUT2D eigenvalue weighted by atomic mass is 9.93. The number of anilines is 1. The van der Waals surface area contributed by atoms with Crippen LogP contribution in [-0.2, 0) is 16.0 Å². The average Bonchev–Trinajstić information content (AvgIpc) is 3.32. The van der Waals surface area contributed by atoms with Crippen molar-refractivity contribution in [2.45, 2.75) is 31.8 Å². The summed E-state index contributed by atoms with van der Waals surface area (Å²) >= 11 is 0. The molecule has 5 rings (SSSR count). The number of nitrogens with zero attached hydrogens (tertiary/aromatic N) is 2. The summed E-state index contributed by atoms with van der Waals surface area (Å²) in [5.74, 6) is -0.626. The van der Waals surface area contributed by atoms with Gasteiger partial charge in [-0.3, -0.25) is 9.59 Å². The van der Waals surface area contributed by atoms with Gasteiger partial charge in [0.25, 0.3) is 11.8 Å². The molecule has 0 spiro atoms. The Hall–Kier alpha value is -3.65. The molecular formula is C25H26N4O4. The first-order valence-electron chi connectivity index (χ1n) is 11.1. The van der Waals surface area contributed by atoms with Crippen molar-refractivity contribution in [2.24, 2.45) is 0 Å². The van der Waals surface area contributed by atoms with Crippen LogP contribution in [0.3, 0.4) is 0 Å². The van der Waals surface area contributed by atoms with E-state index >= 15 is 0 Å². The van der Waals surface area contributed by atoms with Crippen LogP contribution in [0, 0.1) is 0 Å². The maximum atomic E-state index is 13.5. The molecule has 2 aromatic carbocycles. The highest BCUT2D eigenvalue weighted by Crippen LogP contribution is 2.42. The number of fused-ring (bicyclic) bond motifs is 4. The summed E-state index contributed by atoms with van der Waals surface area (Å²) in [7, 11) is 1.61. The number of amides is 4. The summed E-state index contributed by atoms with van der Waals surface area (Å²) in [5.41, 5.74) is 3.65. The van der Waals surface area contributed by atoms with E-state index in [4.69, 9.17) is 4.74 Å². The molecule has 8 nitrogen and oxygen atoms in total. The largest absolute Gasteiger partial charge is 0.385 e. The number of nitrogens with one attached hydrogen (secondary N) is 2. The summed E-state index contributed by atoms with van der Waals surface area (Å²) in [6.07, 6.45) is 1.11. The monoisotopic (exact) mass is 446 g/mol. The first-order valence-corrected chi connectivity index (χ1v) is 11.1. The zero-order valence-electron chi connectivity index (χ0n) is 18.6. The van der Waals surface area contributed by atoms with Crippen LogP contribution < -0.4 is 10.2 Å². The Labute approximate surface area is 191 Å². The number of rotatable bonds is 6. The van der Waals surface area contributed by atoms with Gasteiger partial charge in [-0.2, -0.15) is 0 Å². The SMILES string of the molecule is COCCCNC(=O)c1ccccc1N1C(=O)[C@@H]2Cc3c([nH]c4ccccc34)[C@@H](C)N2C1=O. The number of carbonyl (C=O) groups excluding carboxylic acids is 3. The van der Waals surface area contributed by atoms with Gasteiger partial charge in [0.15, 0.2) is 0 Å². The van der Waals surface area contributed by atoms with E-state index in [0.29, 0.717) is 37.2 Å². The zero-order chi connectivity index (χ0) is 23.1. The first-order chi connectivity index (χ1) is 16.0. The molecule has 1 saturated heterocycles. The predicted molar refractivity (Wildman–Crippen MR) is 124 cm³/mol. The molecule has 33 heavy (non-hydrogen) atoms. The lowest BCUT2D eigenvalue weighted by Crippen LogP contribution is -2.42. The van der Waals surface area contributed by atoms with E-state index in [-0.39, 0.29) is 17.9 Å². The predicted octanol–water partition coefficient (Wildman–Crippen LogP) is 3.39. The Morgan fingerprint density at radius 1 is 1.15 bits per heavy atom. The van der Waals surface area contributed by atoms with Gasteiger partial charge < -0.3 is 19.9 Å². The minimum absolute atomic E-state index is 0.289. The normalized spacial score (nSPS) is 19.7. The molecule has 170 valence electrons. The number of ether oxygens (including phenoxy) is 1. The number of hydrogen-bond acceptors (Lipinski definition) is 4. The van der Waals surface area contributed by atoms with Gasteiger partial charge in [-0.25, -0.2) is 9.69 Å². The van der Waals surface area contributed by atoms with Crippen molar-refractivity contribution in [1.29, 1.82) is 0 Å². The van der Waals surface area contributed by atoms with Gasteiger partial charge in [0.05, 0.1) is 17.3 Å². The molecule has 0 saturated carbocycles. The van der Waals surface area contributed by atoms with Gasteiger partial charge >= 0.3 is 6.03 Å². The fourth-order valence-electron chi connectivity index (χ4n) is 4.96. The van der Waals surface area contributed by atoms with Crippen molar-refractivity contribution in [3.8, 4) is 0 Å². The van der Waals surface area contributed by atoms with Gasteiger partial charge in [-0.15, -0.1) is 0 Å². The van der Waals surface area contributed by atoms with E-state index in [1.165, 1.54) is 4.90 Å². The van der Waals surface area contributed by atoms with E-state index in [1.54, 1.807) is 36.3 Å². The number of H-pyrrole nitrogens is 1. The Morgan fingerprint density at radius 2 is 1.91 bits per heavy atom. The van der Waals surface area contributed by atoms with Crippen molar-refractivity contribution < 1.29 is 19.1 Å². The van der Waals surface area contributed by atoms with Crippen LogP contribution >= 0.6 is 0 Å². The van der Waals surface area contributed by atoms with Crippen molar-refractivity contribution in [3.05, 3.63) is 65.4 Å². The van der Waals surface area contributed by atoms with Crippen LogP contribution in [-0.4, -0.2) is 54.0 Å². The summed E-state index contributed by atoms with van der Waals surface area (Å²) in [6, 6.07) is 13.4. The number of hydrogen-bond donors (Lipinski definition) is 2. The topological polar surface area (TPSA) is 94.7 Å². The molecule has 2 atom stereocenters. The van der Waals surface area contributed by atoms with Crippen LogP contribution in [0.4, 0.5) is 10.5 Å². The Kier molecular flexibility index (Phi) is 5.38. The number of methoxy groups -OCH3 is 1. The second kappa shape index (κ2) is 8.37. The van der Waals surface area contributed by atoms with E-state index in [9.17, 15) is 14.4 Å². The minimum atomic E-state index is -0.600. The van der Waals surface area contributed by atoms with Crippen LogP contribution in [0.1, 0.15) is 41.0 Å². The number of aromatic amines is 1. The number of benzene rings is 2. The van der Waals surface area contributed by atoms with Crippen molar-refractivity contribution in [3.63, 3.8) is 0 Å². The number of carbonyl (C=O) groups is 3. The summed E-state index contributed by atoms with van der Waals surface area (Å²) in [6.45, 7) is 2.91. The maximum absolute atomic E-state index is 13.5. The van der Waals surface area contributed by atoms with Crippen LogP contribution in [0.5, 0.6) is 0 Å². The molecule has 0 unspecified atom stereocenters. The fraction of sp³-hybridized carbons (Fsp3) is 0.320. The zero-order valence-corrected chi connectivity index (χ0v) is 18.6. The van der Waals surface area contributed by atoms with Crippen LogP contribution in [0.25, 0.3) is 10.9 Å². The second-order valence-electron chi connectivity index (χ2n) is 8.44. The second-order valence-corrected chi connectivity index (χ2v) is 8.44. The van der Waals surface area contributed by atoms with E-state index in [1.807, 2.05) is 31.2 Å². The van der Waals surface area contributed by atoms with Crippen molar-refractivity contribution in [1.82, 2.24) is 15.2 Å². The third kappa shape index (κ3) is 3.38. The van der Waals surface area contributed by atoms with Crippen LogP contribution in [0.15, 0.2) is 48.5 Å². The molecule has 1 aromatic heterocycles. The Morgan fingerprint density at radius 3 is 2.73 bits per heavy atom. The van der Waals surface area contributed by atoms with Crippen molar-refractivity contribution >= 4 is 34.4 Å². The summed E-state index contributed by atoms with van der Waals surface area (Å²) < 4.78 is 5.02. The van der Waals surface area contributed by atoms with Crippen molar-refractivity contribution in [2.75, 3.05) is 25.2 Å². The number of para-hydroxylation sites is 2. The quantitative estimate of drug-likeness (QED) is 0.448. The molecule has 2 aliphatic rings. The minimum Gasteiger partial charge on any atom is -0.385 e. The summed E-state index contributed by atoms with van der Waals surface area (Å²) in [5, 5.41) is 3.92. The Bertz CT molecular complexity index is 1250. The molecule has 0 radical (unpaired) electrons. The molecule has 3 heterocycles. The molecule has 0 bridgehead atoms. The van der Waals surface area contributed by atoms with E-state index in [2.05, 4.69) is 10.3 Å². The maximum Gasteiger partial charge on any atom is 0.332 e. The number of urea groups is 1. The third-order valence-electron chi connectivity index (χ3n) is 6.53.